The van der Waals surface area contributed by atoms with Crippen LogP contribution in [-0.2, 0) is 0 Å². The molecule has 0 nitrogen and oxygen atoms in total. The summed E-state index contributed by atoms with van der Waals surface area (Å²) < 4.78 is 0. The van der Waals surface area contributed by atoms with E-state index in [-0.39, 0.29) is 0 Å². The molecule has 0 radical (unpaired) electrons. The highest BCUT2D eigenvalue weighted by Gasteiger charge is 1.80. The van der Waals surface area contributed by atoms with Crippen LogP contribution in [0.4, 0.5) is 0 Å². The fraction of sp³-hybridized carbons (Fsp3) is 1.00. The van der Waals surface area contributed by atoms with Crippen molar-refractivity contribution in [2.24, 2.45) is 5.92 Å². The minimum Gasteiger partial charge on any atom is -0.0654 e. The van der Waals surface area contributed by atoms with E-state index in [0.717, 1.165) is 5.92 Å². The molecule has 0 aliphatic rings. The highest BCUT2D eigenvalue weighted by Crippen LogP contribution is 2.00. The lowest BCUT2D eigenvalue weighted by Gasteiger charge is -1.90. The van der Waals surface area contributed by atoms with Crippen molar-refractivity contribution in [3.8, 4) is 0 Å². The lowest BCUT2D eigenvalue weighted by molar-refractivity contribution is 0.626. The second-order valence-corrected chi connectivity index (χ2v) is 3.86. The van der Waals surface area contributed by atoms with Crippen molar-refractivity contribution in [1.82, 2.24) is 0 Å². The van der Waals surface area contributed by atoms with E-state index in [1.54, 1.807) is 0 Å². The molecule has 76 valence electrons. The van der Waals surface area contributed by atoms with Crippen molar-refractivity contribution in [3.05, 3.63) is 0 Å². The molecule has 0 heteroatoms. The topological polar surface area (TPSA) is 0 Å². The zero-order valence-corrected chi connectivity index (χ0v) is 9.82. The fourth-order valence-corrected chi connectivity index (χ4v) is 0.677. The van der Waals surface area contributed by atoms with Crippen LogP contribution in [0, 0.1) is 5.92 Å². The normalized spacial score (nSPS) is 9.50. The third-order valence-corrected chi connectivity index (χ3v) is 2.02. The predicted octanol–water partition coefficient (Wildman–Crippen LogP) is 5.03. The SMILES string of the molecule is CCC(C)C.CCCCCCC. The minimum atomic E-state index is 0.884. The van der Waals surface area contributed by atoms with Gasteiger partial charge in [0.1, 0.15) is 0 Å². The minimum absolute atomic E-state index is 0.884. The van der Waals surface area contributed by atoms with Gasteiger partial charge in [-0.05, 0) is 5.92 Å². The van der Waals surface area contributed by atoms with E-state index in [1.807, 2.05) is 0 Å². The Bertz CT molecular complexity index is 51.1. The largest absolute Gasteiger partial charge is 0.0654 e. The van der Waals surface area contributed by atoms with Gasteiger partial charge in [-0.3, -0.25) is 0 Å². The maximum absolute atomic E-state index is 2.25. The standard InChI is InChI=1S/C7H16.C5H12/c1-3-5-7-6-4-2;1-4-5(2)3/h3-7H2,1-2H3;5H,4H2,1-3H3. The summed E-state index contributed by atoms with van der Waals surface area (Å²) in [5.41, 5.74) is 0. The molecule has 0 aromatic heterocycles. The van der Waals surface area contributed by atoms with Crippen LogP contribution in [-0.4, -0.2) is 0 Å². The van der Waals surface area contributed by atoms with Crippen LogP contribution in [0.1, 0.15) is 73.1 Å². The average molecular weight is 172 g/mol. The van der Waals surface area contributed by atoms with E-state index >= 15 is 0 Å². The Balaban J connectivity index is 0. The van der Waals surface area contributed by atoms with Gasteiger partial charge in [-0.25, -0.2) is 0 Å². The highest BCUT2D eigenvalue weighted by molar-refractivity contribution is 4.36. The van der Waals surface area contributed by atoms with Crippen molar-refractivity contribution >= 4 is 0 Å². The Kier molecular flexibility index (Phi) is 16.4. The molecule has 12 heavy (non-hydrogen) atoms. The molecule has 0 atom stereocenters. The maximum Gasteiger partial charge on any atom is -0.0474 e. The number of unbranched alkanes of at least 4 members (excludes halogenated alkanes) is 4. The molecular weight excluding hydrogens is 144 g/mol. The van der Waals surface area contributed by atoms with Crippen LogP contribution in [0.5, 0.6) is 0 Å². The quantitative estimate of drug-likeness (QED) is 0.510. The molecule has 0 aromatic carbocycles. The average Bonchev–Trinajstić information content (AvgIpc) is 2.07. The zero-order chi connectivity index (χ0) is 9.82. The van der Waals surface area contributed by atoms with Gasteiger partial charge in [0, 0.05) is 0 Å². The second-order valence-electron chi connectivity index (χ2n) is 3.86. The van der Waals surface area contributed by atoms with Crippen molar-refractivity contribution in [3.63, 3.8) is 0 Å². The Hall–Kier alpha value is 0. The van der Waals surface area contributed by atoms with Crippen LogP contribution in [0.3, 0.4) is 0 Å². The molecule has 0 heterocycles. The van der Waals surface area contributed by atoms with Gasteiger partial charge < -0.3 is 0 Å². The van der Waals surface area contributed by atoms with Gasteiger partial charge >= 0.3 is 0 Å². The lowest BCUT2D eigenvalue weighted by atomic mass is 10.2. The molecule has 0 spiro atoms. The van der Waals surface area contributed by atoms with Crippen molar-refractivity contribution in [2.75, 3.05) is 0 Å². The molecule has 0 rings (SSSR count). The molecule has 0 N–H and O–H groups in total. The molecular formula is C12H28. The van der Waals surface area contributed by atoms with Gasteiger partial charge in [0.05, 0.1) is 0 Å². The molecule has 0 fully saturated rings. The molecule has 0 unspecified atom stereocenters. The third kappa shape index (κ3) is 22.5. The van der Waals surface area contributed by atoms with Gasteiger partial charge in [-0.15, -0.1) is 0 Å². The van der Waals surface area contributed by atoms with Crippen LogP contribution in [0.25, 0.3) is 0 Å². The Morgan fingerprint density at radius 2 is 1.08 bits per heavy atom. The van der Waals surface area contributed by atoms with Gasteiger partial charge in [0.2, 0.25) is 0 Å². The molecule has 0 saturated heterocycles. The lowest BCUT2D eigenvalue weighted by Crippen LogP contribution is -1.77. The van der Waals surface area contributed by atoms with Gasteiger partial charge in [-0.1, -0.05) is 73.1 Å². The summed E-state index contributed by atoms with van der Waals surface area (Å²) in [5.74, 6) is 0.884. The summed E-state index contributed by atoms with van der Waals surface area (Å²) in [7, 11) is 0. The van der Waals surface area contributed by atoms with E-state index in [1.165, 1.54) is 38.5 Å². The first-order chi connectivity index (χ1) is 5.68. The van der Waals surface area contributed by atoms with E-state index in [9.17, 15) is 0 Å². The van der Waals surface area contributed by atoms with Gasteiger partial charge in [0.15, 0.2) is 0 Å². The van der Waals surface area contributed by atoms with E-state index in [0.29, 0.717) is 0 Å². The highest BCUT2D eigenvalue weighted by atomic mass is 13.9. The van der Waals surface area contributed by atoms with Crippen molar-refractivity contribution < 1.29 is 0 Å². The first-order valence-electron chi connectivity index (χ1n) is 5.68. The van der Waals surface area contributed by atoms with Gasteiger partial charge in [0.25, 0.3) is 0 Å². The third-order valence-electron chi connectivity index (χ3n) is 2.02. The van der Waals surface area contributed by atoms with E-state index in [4.69, 9.17) is 0 Å². The smallest absolute Gasteiger partial charge is 0.0474 e. The molecule has 0 amide bonds. The molecule has 0 saturated carbocycles. The summed E-state index contributed by atoms with van der Waals surface area (Å²) in [4.78, 5) is 0. The Morgan fingerprint density at radius 1 is 0.750 bits per heavy atom. The second kappa shape index (κ2) is 13.6. The number of rotatable bonds is 5. The summed E-state index contributed by atoms with van der Waals surface area (Å²) in [6.45, 7) is 11.1. The first-order valence-corrected chi connectivity index (χ1v) is 5.68. The summed E-state index contributed by atoms with van der Waals surface area (Å²) in [6.07, 6.45) is 8.31. The first kappa shape index (κ1) is 14.5. The van der Waals surface area contributed by atoms with Crippen LogP contribution in [0.2, 0.25) is 0 Å². The van der Waals surface area contributed by atoms with Crippen LogP contribution >= 0.6 is 0 Å². The number of hydrogen-bond donors (Lipinski definition) is 0. The summed E-state index contributed by atoms with van der Waals surface area (Å²) >= 11 is 0. The van der Waals surface area contributed by atoms with Gasteiger partial charge in [-0.2, -0.15) is 0 Å². The van der Waals surface area contributed by atoms with E-state index in [2.05, 4.69) is 34.6 Å². The summed E-state index contributed by atoms with van der Waals surface area (Å²) in [5, 5.41) is 0. The summed E-state index contributed by atoms with van der Waals surface area (Å²) in [6, 6.07) is 0. The fourth-order valence-electron chi connectivity index (χ4n) is 0.677. The van der Waals surface area contributed by atoms with Crippen LogP contribution < -0.4 is 0 Å². The van der Waals surface area contributed by atoms with Crippen molar-refractivity contribution in [2.45, 2.75) is 73.1 Å². The Labute approximate surface area is 79.8 Å². The molecule has 0 aromatic rings. The van der Waals surface area contributed by atoms with E-state index < -0.39 is 0 Å². The Morgan fingerprint density at radius 3 is 1.25 bits per heavy atom. The van der Waals surface area contributed by atoms with Crippen molar-refractivity contribution in [1.29, 1.82) is 0 Å². The molecule has 0 aliphatic heterocycles. The van der Waals surface area contributed by atoms with Crippen LogP contribution in [0.15, 0.2) is 0 Å². The number of hydrogen-bond acceptors (Lipinski definition) is 0. The molecule has 0 aliphatic carbocycles. The molecule has 0 bridgehead atoms. The monoisotopic (exact) mass is 172 g/mol. The predicted molar refractivity (Wildman–Crippen MR) is 59.6 cm³/mol. The maximum atomic E-state index is 2.25. The zero-order valence-electron chi connectivity index (χ0n) is 9.82.